The molecule has 1 aliphatic rings. The number of benzene rings is 1. The summed E-state index contributed by atoms with van der Waals surface area (Å²) in [6.07, 6.45) is 3.07. The predicted octanol–water partition coefficient (Wildman–Crippen LogP) is 2.53. The summed E-state index contributed by atoms with van der Waals surface area (Å²) < 4.78 is 0. The first-order valence-corrected chi connectivity index (χ1v) is 7.57. The van der Waals surface area contributed by atoms with E-state index in [1.165, 1.54) is 0 Å². The van der Waals surface area contributed by atoms with Crippen molar-refractivity contribution in [1.29, 1.82) is 0 Å². The van der Waals surface area contributed by atoms with E-state index >= 15 is 0 Å². The lowest BCUT2D eigenvalue weighted by atomic mass is 10.2. The number of anilines is 2. The van der Waals surface area contributed by atoms with Gasteiger partial charge in [-0.3, -0.25) is 10.1 Å². The molecular weight excluding hydrogens is 292 g/mol. The molecule has 118 valence electrons. The van der Waals surface area contributed by atoms with E-state index in [-0.39, 0.29) is 11.9 Å². The molecule has 0 aliphatic carbocycles. The fourth-order valence-corrected chi connectivity index (χ4v) is 2.48. The van der Waals surface area contributed by atoms with Gasteiger partial charge in [0.2, 0.25) is 5.91 Å². The van der Waals surface area contributed by atoms with Gasteiger partial charge in [-0.1, -0.05) is 30.3 Å². The molecule has 0 bridgehead atoms. The average molecular weight is 310 g/mol. The first-order chi connectivity index (χ1) is 11.2. The summed E-state index contributed by atoms with van der Waals surface area (Å²) in [6, 6.07) is 12.8. The minimum atomic E-state index is -0.314. The largest absolute Gasteiger partial charge is 0.334 e. The van der Waals surface area contributed by atoms with Crippen LogP contribution in [0, 0.1) is 0 Å². The Bertz CT molecular complexity index is 685. The molecule has 3 rings (SSSR count). The van der Waals surface area contributed by atoms with Gasteiger partial charge in [0.25, 0.3) is 0 Å². The van der Waals surface area contributed by atoms with Crippen LogP contribution in [0.25, 0.3) is 0 Å². The third-order valence-corrected chi connectivity index (χ3v) is 3.67. The fourth-order valence-electron chi connectivity index (χ4n) is 2.48. The molecule has 23 heavy (non-hydrogen) atoms. The van der Waals surface area contributed by atoms with Gasteiger partial charge < -0.3 is 10.2 Å². The second-order valence-corrected chi connectivity index (χ2v) is 5.34. The summed E-state index contributed by atoms with van der Waals surface area (Å²) in [6.45, 7) is 1.18. The van der Waals surface area contributed by atoms with E-state index in [4.69, 9.17) is 0 Å². The van der Waals surface area contributed by atoms with E-state index in [9.17, 15) is 9.59 Å². The topological polar surface area (TPSA) is 74.3 Å². The van der Waals surface area contributed by atoms with Gasteiger partial charge in [0.1, 0.15) is 5.82 Å². The summed E-state index contributed by atoms with van der Waals surface area (Å²) in [4.78, 5) is 29.4. The first-order valence-electron chi connectivity index (χ1n) is 7.57. The van der Waals surface area contributed by atoms with Gasteiger partial charge in [-0.25, -0.2) is 9.78 Å². The van der Waals surface area contributed by atoms with Gasteiger partial charge in [0.05, 0.1) is 11.9 Å². The second-order valence-electron chi connectivity index (χ2n) is 5.34. The Morgan fingerprint density at radius 3 is 2.65 bits per heavy atom. The molecule has 1 fully saturated rings. The highest BCUT2D eigenvalue weighted by atomic mass is 16.2. The van der Waals surface area contributed by atoms with Gasteiger partial charge in [-0.15, -0.1) is 0 Å². The Morgan fingerprint density at radius 2 is 2.00 bits per heavy atom. The van der Waals surface area contributed by atoms with Crippen molar-refractivity contribution in [3.8, 4) is 0 Å². The molecule has 2 heterocycles. The van der Waals surface area contributed by atoms with E-state index in [2.05, 4.69) is 15.6 Å². The van der Waals surface area contributed by atoms with Crippen molar-refractivity contribution >= 4 is 23.4 Å². The Morgan fingerprint density at radius 1 is 1.17 bits per heavy atom. The monoisotopic (exact) mass is 310 g/mol. The van der Waals surface area contributed by atoms with Gasteiger partial charge >= 0.3 is 6.03 Å². The number of hydrogen-bond acceptors (Lipinski definition) is 3. The van der Waals surface area contributed by atoms with E-state index in [1.54, 1.807) is 23.2 Å². The molecule has 1 saturated heterocycles. The van der Waals surface area contributed by atoms with Crippen LogP contribution >= 0.6 is 0 Å². The van der Waals surface area contributed by atoms with Crippen molar-refractivity contribution in [2.24, 2.45) is 0 Å². The van der Waals surface area contributed by atoms with Crippen LogP contribution in [-0.2, 0) is 11.3 Å². The molecule has 1 aromatic carbocycles. The third-order valence-electron chi connectivity index (χ3n) is 3.67. The number of urea groups is 1. The molecule has 1 aliphatic heterocycles. The van der Waals surface area contributed by atoms with Crippen molar-refractivity contribution in [2.75, 3.05) is 16.8 Å². The van der Waals surface area contributed by atoms with Crippen LogP contribution in [0.15, 0.2) is 48.7 Å². The van der Waals surface area contributed by atoms with Crippen molar-refractivity contribution < 1.29 is 9.59 Å². The van der Waals surface area contributed by atoms with E-state index in [1.807, 2.05) is 30.3 Å². The molecule has 6 nitrogen and oxygen atoms in total. The highest BCUT2D eigenvalue weighted by Gasteiger charge is 2.21. The lowest BCUT2D eigenvalue weighted by Crippen LogP contribution is -2.28. The highest BCUT2D eigenvalue weighted by Crippen LogP contribution is 2.21. The van der Waals surface area contributed by atoms with Crippen LogP contribution in [0.3, 0.4) is 0 Å². The average Bonchev–Trinajstić information content (AvgIpc) is 3.01. The number of pyridine rings is 1. The third kappa shape index (κ3) is 3.85. The Hall–Kier alpha value is -2.89. The summed E-state index contributed by atoms with van der Waals surface area (Å²) in [5.74, 6) is 0.569. The maximum absolute atomic E-state index is 11.9. The van der Waals surface area contributed by atoms with Crippen molar-refractivity contribution in [1.82, 2.24) is 10.3 Å². The van der Waals surface area contributed by atoms with Crippen LogP contribution in [0.4, 0.5) is 16.3 Å². The second kappa shape index (κ2) is 6.91. The van der Waals surface area contributed by atoms with Gasteiger partial charge in [-0.05, 0) is 24.1 Å². The molecular formula is C17H18N4O2. The summed E-state index contributed by atoms with van der Waals surface area (Å²) in [5.41, 5.74) is 1.79. The minimum absolute atomic E-state index is 0.119. The number of aromatic nitrogens is 1. The zero-order valence-electron chi connectivity index (χ0n) is 12.7. The molecule has 3 amide bonds. The van der Waals surface area contributed by atoms with Gasteiger partial charge in [0.15, 0.2) is 0 Å². The molecule has 6 heteroatoms. The smallest absolute Gasteiger partial charge is 0.320 e. The molecule has 2 N–H and O–H groups in total. The minimum Gasteiger partial charge on any atom is -0.334 e. The quantitative estimate of drug-likeness (QED) is 0.911. The van der Waals surface area contributed by atoms with Crippen molar-refractivity contribution in [3.63, 3.8) is 0 Å². The number of carbonyl (C=O) groups excluding carboxylic acids is 2. The van der Waals surface area contributed by atoms with E-state index in [0.717, 1.165) is 24.2 Å². The normalized spacial score (nSPS) is 13.9. The predicted molar refractivity (Wildman–Crippen MR) is 88.1 cm³/mol. The molecule has 0 radical (unpaired) electrons. The van der Waals surface area contributed by atoms with Gasteiger partial charge in [-0.2, -0.15) is 0 Å². The number of nitrogens with one attached hydrogen (secondary N) is 2. The van der Waals surface area contributed by atoms with Crippen molar-refractivity contribution in [3.05, 3.63) is 54.2 Å². The first kappa shape index (κ1) is 15.0. The number of hydrogen-bond donors (Lipinski definition) is 2. The van der Waals surface area contributed by atoms with Crippen molar-refractivity contribution in [2.45, 2.75) is 19.4 Å². The number of amides is 3. The summed E-state index contributed by atoms with van der Waals surface area (Å²) in [5, 5.41) is 5.45. The molecule has 0 unspecified atom stereocenters. The SMILES string of the molecule is O=C(NCc1ccccc1)Nc1ccc(N2CCCC2=O)cn1. The molecule has 2 aromatic rings. The summed E-state index contributed by atoms with van der Waals surface area (Å²) >= 11 is 0. The van der Waals surface area contributed by atoms with E-state index in [0.29, 0.717) is 18.8 Å². The van der Waals surface area contributed by atoms with E-state index < -0.39 is 0 Å². The zero-order chi connectivity index (χ0) is 16.1. The zero-order valence-corrected chi connectivity index (χ0v) is 12.7. The molecule has 1 aromatic heterocycles. The maximum atomic E-state index is 11.9. The Kier molecular flexibility index (Phi) is 4.52. The van der Waals surface area contributed by atoms with Crippen LogP contribution in [0.5, 0.6) is 0 Å². The summed E-state index contributed by atoms with van der Waals surface area (Å²) in [7, 11) is 0. The Balaban J connectivity index is 1.53. The molecule has 0 spiro atoms. The van der Waals surface area contributed by atoms with Crippen LogP contribution in [0.2, 0.25) is 0 Å². The number of carbonyl (C=O) groups is 2. The standard InChI is InChI=1S/C17H18N4O2/c22-16-7-4-10-21(16)14-8-9-15(18-12-14)20-17(23)19-11-13-5-2-1-3-6-13/h1-3,5-6,8-9,12H,4,7,10-11H2,(H2,18,19,20,23). The van der Waals surface area contributed by atoms with Crippen LogP contribution in [-0.4, -0.2) is 23.5 Å². The maximum Gasteiger partial charge on any atom is 0.320 e. The molecule has 0 atom stereocenters. The number of rotatable bonds is 4. The van der Waals surface area contributed by atoms with Crippen LogP contribution in [0.1, 0.15) is 18.4 Å². The van der Waals surface area contributed by atoms with Gasteiger partial charge in [0, 0.05) is 19.5 Å². The highest BCUT2D eigenvalue weighted by molar-refractivity contribution is 5.95. The van der Waals surface area contributed by atoms with Crippen LogP contribution < -0.4 is 15.5 Å². The Labute approximate surface area is 134 Å². The lowest BCUT2D eigenvalue weighted by Gasteiger charge is -2.15. The molecule has 0 saturated carbocycles. The fraction of sp³-hybridized carbons (Fsp3) is 0.235. The number of nitrogens with zero attached hydrogens (tertiary/aromatic N) is 2. The lowest BCUT2D eigenvalue weighted by molar-refractivity contribution is -0.117.